The van der Waals surface area contributed by atoms with Crippen LogP contribution in [-0.4, -0.2) is 170 Å². The zero-order valence-corrected chi connectivity index (χ0v) is 64.4. The zero-order chi connectivity index (χ0) is 82.8. The summed E-state index contributed by atoms with van der Waals surface area (Å²) in [6.45, 7) is 12.5. The largest absolute Gasteiger partial charge is 0.405 e. The third-order valence-electron chi connectivity index (χ3n) is 17.0. The number of aromatic amines is 4. The second-order valence-corrected chi connectivity index (χ2v) is 28.5. The number of H-pyrrole nitrogens is 4. The summed E-state index contributed by atoms with van der Waals surface area (Å²) in [5, 5.41) is 24.7. The third kappa shape index (κ3) is 22.3. The van der Waals surface area contributed by atoms with E-state index in [0.717, 1.165) is 22.5 Å². The van der Waals surface area contributed by atoms with Gasteiger partial charge >= 0.3 is 18.5 Å². The SMILES string of the molecule is CC(C)(Nc1nc(-c2c[nH]c3ncc(Cl)cc23)ncc1F)C(=O)NCC(F)(F)F.CC(C)[C@](C)(Nc1ccnc(-c2c[nH]c3ncc(Cl)cc23)n1)C(=O)NCC(F)(F)F.CCNC(=O)C(C)(C)Nc1ccnc(-c2c[nH]c3ncc(Cl)cc23)n1.CC[C@@](C)(Nc1ccnc(-c2c[nH]c3ncc(Cl)cc23)n1)C(=O)NCC(F)(F)F.[HH].[HH].[HH].[HH].[HH].[HH].[HH].[HH]. The minimum absolute atomic E-state index is 0. The number of fused-ring (bicyclic) bond motifs is 4. The minimum atomic E-state index is -4.57. The van der Waals surface area contributed by atoms with Crippen molar-refractivity contribution in [3.63, 3.8) is 0 Å². The first-order valence-corrected chi connectivity index (χ1v) is 35.5. The monoisotopic (exact) mass is 1670 g/mol. The molecule has 42 heteroatoms. The Balaban J connectivity index is 0.000000791. The molecule has 0 radical (unpaired) electrons. The van der Waals surface area contributed by atoms with E-state index in [0.29, 0.717) is 112 Å². The van der Waals surface area contributed by atoms with Crippen LogP contribution in [0.3, 0.4) is 0 Å². The van der Waals surface area contributed by atoms with Gasteiger partial charge in [-0.05, 0) is 103 Å². The smallest absolute Gasteiger partial charge is 0.356 e. The lowest BCUT2D eigenvalue weighted by molar-refractivity contribution is -0.141. The molecule has 2 atom stereocenters. The number of alkyl halides is 9. The summed E-state index contributed by atoms with van der Waals surface area (Å²) in [7, 11) is 0. The van der Waals surface area contributed by atoms with Crippen molar-refractivity contribution in [2.45, 2.75) is 116 Å². The Hall–Kier alpha value is -11.4. The van der Waals surface area contributed by atoms with Crippen molar-refractivity contribution < 1.29 is 74.5 Å². The summed E-state index contributed by atoms with van der Waals surface area (Å²) in [5.41, 5.74) is 0.0184. The number of carbonyl (C=O) groups excluding carboxylic acids is 4. The number of pyridine rings is 4. The van der Waals surface area contributed by atoms with Crippen LogP contribution in [-0.2, 0) is 19.2 Å². The molecule has 0 aliphatic carbocycles. The molecule has 0 saturated heterocycles. The normalized spacial score (nSPS) is 13.0. The van der Waals surface area contributed by atoms with Gasteiger partial charge in [0.25, 0.3) is 0 Å². The van der Waals surface area contributed by atoms with Crippen LogP contribution >= 0.6 is 46.4 Å². The summed E-state index contributed by atoms with van der Waals surface area (Å²) in [6.07, 6.45) is 4.99. The highest BCUT2D eigenvalue weighted by molar-refractivity contribution is 6.32. The highest BCUT2D eigenvalue weighted by Crippen LogP contribution is 2.35. The maximum Gasteiger partial charge on any atom is 0.405 e. The molecule has 0 aliphatic rings. The average molecular weight is 1670 g/mol. The molecule has 12 aromatic rings. The Kier molecular flexibility index (Phi) is 26.6. The molecular formula is C71H88Cl4F10N24O4. The summed E-state index contributed by atoms with van der Waals surface area (Å²) < 4.78 is 126. The fraction of sp³-hybridized carbons (Fsp3) is 0.324. The number of halogens is 14. The van der Waals surface area contributed by atoms with Gasteiger partial charge in [0.1, 0.15) is 81.8 Å². The van der Waals surface area contributed by atoms with E-state index >= 15 is 0 Å². The van der Waals surface area contributed by atoms with Crippen molar-refractivity contribution in [3.8, 4) is 45.6 Å². The maximum absolute atomic E-state index is 14.2. The maximum atomic E-state index is 14.2. The molecule has 0 aromatic carbocycles. The van der Waals surface area contributed by atoms with Crippen LogP contribution in [0.2, 0.25) is 20.1 Å². The quantitative estimate of drug-likeness (QED) is 0.0280. The molecule has 0 spiro atoms. The summed E-state index contributed by atoms with van der Waals surface area (Å²) in [6, 6.07) is 11.7. The summed E-state index contributed by atoms with van der Waals surface area (Å²) in [5.74, 6) is -1.71. The molecule has 0 unspecified atom stereocenters. The minimum Gasteiger partial charge on any atom is -0.356 e. The van der Waals surface area contributed by atoms with Crippen LogP contribution in [0.4, 0.5) is 67.2 Å². The first-order chi connectivity index (χ1) is 53.0. The van der Waals surface area contributed by atoms with Crippen molar-refractivity contribution in [3.05, 3.63) is 143 Å². The van der Waals surface area contributed by atoms with Crippen LogP contribution in [0.5, 0.6) is 0 Å². The summed E-state index contributed by atoms with van der Waals surface area (Å²) >= 11 is 24.1. The number of anilines is 4. The van der Waals surface area contributed by atoms with Crippen molar-refractivity contribution in [2.75, 3.05) is 47.4 Å². The molecule has 28 nitrogen and oxygen atoms in total. The highest BCUT2D eigenvalue weighted by Gasteiger charge is 2.41. The number of aromatic nitrogens is 16. The van der Waals surface area contributed by atoms with Crippen LogP contribution < -0.4 is 42.5 Å². The molecule has 614 valence electrons. The molecule has 12 rings (SSSR count). The van der Waals surface area contributed by atoms with Gasteiger partial charge in [-0.2, -0.15) is 39.5 Å². The topological polar surface area (TPSA) is 382 Å². The Morgan fingerprint density at radius 1 is 0.425 bits per heavy atom. The Morgan fingerprint density at radius 2 is 0.752 bits per heavy atom. The first kappa shape index (κ1) is 85.6. The predicted octanol–water partition coefficient (Wildman–Crippen LogP) is 16.8. The first-order valence-electron chi connectivity index (χ1n) is 34.0. The van der Waals surface area contributed by atoms with E-state index in [9.17, 15) is 63.1 Å². The van der Waals surface area contributed by atoms with E-state index in [-0.39, 0.29) is 41.3 Å². The van der Waals surface area contributed by atoms with Gasteiger partial charge in [0.05, 0.1) is 26.3 Å². The second-order valence-electron chi connectivity index (χ2n) is 26.7. The molecule has 12 aromatic heterocycles. The standard InChI is InChI=1S/C19H20ClF3N6O.C18H18ClF3N6O.C17H15ClF4N6O.C17H19ClN6O.8H2/c1-10(2)18(3,17(30)27-9-19(21,22)23)29-14-4-5-24-16(28-14)13-8-26-15-12(13)6-11(20)7-25-15;1-3-17(2,16(29)26-9-18(20,21)22)28-13-4-5-23-15(27-13)12-8-25-14-11(12)6-10(19)7-24-14;1-16(2,15(29)26-7-17(20,21)22)28-14-11(19)6-25-13(27-14)10-5-24-12-9(10)3-8(18)4-23-12;1-4-19-16(25)17(2,3)24-13-5-6-20-15(23-13)12-9-22-14-11(12)7-10(18)8-21-14;;;;;;;;/h4-8,10H,9H2,1-3H3,(H,25,26)(H,27,30)(H,24,28,29);4-8H,3,9H2,1-2H3,(H,24,25)(H,26,29)(H,23,27,28);3-6H,7H2,1-2H3,(H,23,24)(H,26,29)(H,25,27,28);5-9H,4H2,1-3H3,(H,19,25)(H,21,22)(H,20,23,24);8*1H/t18-;17-;;;;;;;;;;/m01........../s1. The number of amides is 4. The molecule has 0 fully saturated rings. The number of hydrogen-bond acceptors (Lipinski definition) is 20. The van der Waals surface area contributed by atoms with Gasteiger partial charge in [-0.25, -0.2) is 64.2 Å². The molecule has 0 saturated carbocycles. The Labute approximate surface area is 668 Å². The molecule has 12 heterocycles. The van der Waals surface area contributed by atoms with Crippen molar-refractivity contribution >= 4 is 137 Å². The molecule has 12 N–H and O–H groups in total. The van der Waals surface area contributed by atoms with Crippen LogP contribution in [0.25, 0.3) is 89.7 Å². The van der Waals surface area contributed by atoms with Gasteiger partial charge < -0.3 is 62.5 Å². The molecule has 0 bridgehead atoms. The molecular weight excluding hydrogens is 1580 g/mol. The fourth-order valence-electron chi connectivity index (χ4n) is 10.5. The van der Waals surface area contributed by atoms with Gasteiger partial charge in [0, 0.05) is 130 Å². The number of nitrogens with one attached hydrogen (secondary N) is 12. The number of hydrogen-bond donors (Lipinski definition) is 12. The van der Waals surface area contributed by atoms with E-state index in [4.69, 9.17) is 46.4 Å². The van der Waals surface area contributed by atoms with Crippen LogP contribution in [0.1, 0.15) is 87.1 Å². The van der Waals surface area contributed by atoms with E-state index in [1.807, 2.05) is 23.6 Å². The lowest BCUT2D eigenvalue weighted by Gasteiger charge is -2.34. The van der Waals surface area contributed by atoms with Crippen LogP contribution in [0, 0.1) is 11.7 Å². The van der Waals surface area contributed by atoms with E-state index in [1.165, 1.54) is 64.7 Å². The van der Waals surface area contributed by atoms with Crippen LogP contribution in [0.15, 0.2) is 117 Å². The molecule has 113 heavy (non-hydrogen) atoms. The lowest BCUT2D eigenvalue weighted by atomic mass is 9.87. The predicted molar refractivity (Wildman–Crippen MR) is 426 cm³/mol. The Morgan fingerprint density at radius 3 is 1.11 bits per heavy atom. The van der Waals surface area contributed by atoms with Gasteiger partial charge in [0.2, 0.25) is 23.6 Å². The second kappa shape index (κ2) is 35.1. The summed E-state index contributed by atoms with van der Waals surface area (Å²) in [4.78, 5) is 112. The highest BCUT2D eigenvalue weighted by atomic mass is 35.5. The number of nitrogens with zero attached hydrogens (tertiary/aromatic N) is 12. The van der Waals surface area contributed by atoms with E-state index in [2.05, 4.69) is 106 Å². The van der Waals surface area contributed by atoms with Gasteiger partial charge in [-0.1, -0.05) is 67.2 Å². The molecule has 0 aliphatic heterocycles. The number of rotatable bonds is 22. The van der Waals surface area contributed by atoms with Gasteiger partial charge in [0.15, 0.2) is 34.9 Å². The van der Waals surface area contributed by atoms with E-state index < -0.39 is 83.9 Å². The number of carbonyl (C=O) groups is 4. The zero-order valence-electron chi connectivity index (χ0n) is 61.4. The lowest BCUT2D eigenvalue weighted by Crippen LogP contribution is -2.55. The van der Waals surface area contributed by atoms with Crippen molar-refractivity contribution in [2.24, 2.45) is 5.92 Å². The number of likely N-dealkylation sites (N-methyl/N-ethyl adjacent to an activating group) is 1. The van der Waals surface area contributed by atoms with Crippen molar-refractivity contribution in [1.29, 1.82) is 0 Å². The average Bonchev–Trinajstić information content (AvgIpc) is 1.72. The Bertz CT molecular complexity index is 5450. The fourth-order valence-corrected chi connectivity index (χ4v) is 11.1. The third-order valence-corrected chi connectivity index (χ3v) is 17.8. The van der Waals surface area contributed by atoms with E-state index in [1.54, 1.807) is 107 Å². The van der Waals surface area contributed by atoms with Crippen molar-refractivity contribution in [1.82, 2.24) is 101 Å². The van der Waals surface area contributed by atoms with Gasteiger partial charge in [-0.15, -0.1) is 0 Å². The molecule has 4 amide bonds. The van der Waals surface area contributed by atoms with Gasteiger partial charge in [-0.3, -0.25) is 19.2 Å².